The smallest absolute Gasteiger partial charge is 0.258 e. The van der Waals surface area contributed by atoms with E-state index >= 15 is 0 Å². The topological polar surface area (TPSA) is 56.1 Å². The third-order valence-corrected chi connectivity index (χ3v) is 3.62. The molecule has 0 bridgehead atoms. The summed E-state index contributed by atoms with van der Waals surface area (Å²) in [6.07, 6.45) is 0. The van der Waals surface area contributed by atoms with E-state index in [0.29, 0.717) is 17.7 Å². The Kier molecular flexibility index (Phi) is 3.67. The van der Waals surface area contributed by atoms with E-state index in [1.807, 2.05) is 24.3 Å². The lowest BCUT2D eigenvalue weighted by molar-refractivity contribution is 0.0987. The van der Waals surface area contributed by atoms with Gasteiger partial charge in [-0.25, -0.2) is 0 Å². The first-order valence-electron chi connectivity index (χ1n) is 6.90. The number of fused-ring (bicyclic) bond motifs is 1. The molecule has 0 aliphatic carbocycles. The number of benzene rings is 2. The SMILES string of the molecule is N#Cc1ccc(C(=O)N2CCNCc3ccccc32)cc1. The van der Waals surface area contributed by atoms with Crippen LogP contribution in [0.15, 0.2) is 48.5 Å². The van der Waals surface area contributed by atoms with Gasteiger partial charge in [0.15, 0.2) is 0 Å². The largest absolute Gasteiger partial charge is 0.311 e. The number of hydrogen-bond acceptors (Lipinski definition) is 3. The summed E-state index contributed by atoms with van der Waals surface area (Å²) in [5, 5.41) is 12.2. The normalized spacial score (nSPS) is 14.0. The number of nitrogens with zero attached hydrogens (tertiary/aromatic N) is 2. The summed E-state index contributed by atoms with van der Waals surface area (Å²) < 4.78 is 0. The molecule has 3 rings (SSSR count). The van der Waals surface area contributed by atoms with Crippen molar-refractivity contribution in [1.82, 2.24) is 5.32 Å². The summed E-state index contributed by atoms with van der Waals surface area (Å²) in [6, 6.07) is 16.8. The molecular formula is C17H15N3O. The summed E-state index contributed by atoms with van der Waals surface area (Å²) in [7, 11) is 0. The number of hydrogen-bond donors (Lipinski definition) is 1. The average Bonchev–Trinajstić information content (AvgIpc) is 2.77. The predicted octanol–water partition coefficient (Wildman–Crippen LogP) is 2.31. The highest BCUT2D eigenvalue weighted by Crippen LogP contribution is 2.24. The lowest BCUT2D eigenvalue weighted by Gasteiger charge is -2.22. The summed E-state index contributed by atoms with van der Waals surface area (Å²) >= 11 is 0. The van der Waals surface area contributed by atoms with Crippen LogP contribution in [-0.2, 0) is 6.54 Å². The Morgan fingerprint density at radius 2 is 1.90 bits per heavy atom. The van der Waals surface area contributed by atoms with Gasteiger partial charge in [-0.15, -0.1) is 0 Å². The first-order valence-corrected chi connectivity index (χ1v) is 6.90. The van der Waals surface area contributed by atoms with Gasteiger partial charge in [-0.05, 0) is 35.9 Å². The first-order chi connectivity index (χ1) is 10.3. The molecule has 0 saturated heterocycles. The van der Waals surface area contributed by atoms with Crippen molar-refractivity contribution in [3.63, 3.8) is 0 Å². The van der Waals surface area contributed by atoms with Gasteiger partial charge in [0.1, 0.15) is 0 Å². The van der Waals surface area contributed by atoms with Crippen molar-refractivity contribution in [2.45, 2.75) is 6.54 Å². The molecule has 0 unspecified atom stereocenters. The predicted molar refractivity (Wildman–Crippen MR) is 81.0 cm³/mol. The van der Waals surface area contributed by atoms with Crippen LogP contribution in [0.25, 0.3) is 0 Å². The van der Waals surface area contributed by atoms with Gasteiger partial charge in [-0.1, -0.05) is 18.2 Å². The van der Waals surface area contributed by atoms with E-state index in [1.54, 1.807) is 29.2 Å². The molecule has 1 heterocycles. The summed E-state index contributed by atoms with van der Waals surface area (Å²) in [5.41, 5.74) is 3.24. The number of carbonyl (C=O) groups is 1. The molecule has 1 aliphatic rings. The maximum atomic E-state index is 12.7. The van der Waals surface area contributed by atoms with E-state index in [9.17, 15) is 4.79 Å². The van der Waals surface area contributed by atoms with Crippen LogP contribution in [0, 0.1) is 11.3 Å². The number of nitrogens with one attached hydrogen (secondary N) is 1. The van der Waals surface area contributed by atoms with Crippen molar-refractivity contribution in [2.24, 2.45) is 0 Å². The van der Waals surface area contributed by atoms with Crippen molar-refractivity contribution in [3.05, 3.63) is 65.2 Å². The molecule has 1 amide bonds. The van der Waals surface area contributed by atoms with Gasteiger partial charge in [0, 0.05) is 30.9 Å². The second-order valence-corrected chi connectivity index (χ2v) is 4.95. The van der Waals surface area contributed by atoms with Gasteiger partial charge in [0.05, 0.1) is 11.6 Å². The Balaban J connectivity index is 1.95. The van der Waals surface area contributed by atoms with E-state index in [2.05, 4.69) is 11.4 Å². The van der Waals surface area contributed by atoms with Crippen molar-refractivity contribution in [3.8, 4) is 6.07 Å². The molecule has 0 saturated carbocycles. The number of rotatable bonds is 1. The maximum absolute atomic E-state index is 12.7. The quantitative estimate of drug-likeness (QED) is 0.870. The molecular weight excluding hydrogens is 262 g/mol. The highest BCUT2D eigenvalue weighted by molar-refractivity contribution is 6.06. The Morgan fingerprint density at radius 1 is 1.14 bits per heavy atom. The van der Waals surface area contributed by atoms with Crippen molar-refractivity contribution in [1.29, 1.82) is 5.26 Å². The Morgan fingerprint density at radius 3 is 2.67 bits per heavy atom. The van der Waals surface area contributed by atoms with E-state index < -0.39 is 0 Å². The van der Waals surface area contributed by atoms with E-state index in [4.69, 9.17) is 5.26 Å². The second-order valence-electron chi connectivity index (χ2n) is 4.95. The third-order valence-electron chi connectivity index (χ3n) is 3.62. The number of anilines is 1. The fourth-order valence-electron chi connectivity index (χ4n) is 2.51. The van der Waals surface area contributed by atoms with Crippen LogP contribution in [0.2, 0.25) is 0 Å². The zero-order valence-electron chi connectivity index (χ0n) is 11.5. The fourth-order valence-corrected chi connectivity index (χ4v) is 2.51. The van der Waals surface area contributed by atoms with E-state index in [1.165, 1.54) is 0 Å². The van der Waals surface area contributed by atoms with Gasteiger partial charge in [-0.2, -0.15) is 5.26 Å². The minimum Gasteiger partial charge on any atom is -0.311 e. The minimum absolute atomic E-state index is 0.0318. The first kappa shape index (κ1) is 13.3. The molecule has 0 radical (unpaired) electrons. The molecule has 0 spiro atoms. The lowest BCUT2D eigenvalue weighted by Crippen LogP contribution is -2.34. The van der Waals surface area contributed by atoms with Crippen molar-refractivity contribution >= 4 is 11.6 Å². The van der Waals surface area contributed by atoms with Crippen molar-refractivity contribution < 1.29 is 4.79 Å². The maximum Gasteiger partial charge on any atom is 0.258 e. The van der Waals surface area contributed by atoms with Gasteiger partial charge >= 0.3 is 0 Å². The zero-order chi connectivity index (χ0) is 14.7. The van der Waals surface area contributed by atoms with Gasteiger partial charge in [0.2, 0.25) is 0 Å². The third kappa shape index (κ3) is 2.64. The van der Waals surface area contributed by atoms with Crippen LogP contribution in [0.1, 0.15) is 21.5 Å². The summed E-state index contributed by atoms with van der Waals surface area (Å²) in [6.45, 7) is 2.17. The zero-order valence-corrected chi connectivity index (χ0v) is 11.5. The molecule has 4 nitrogen and oxygen atoms in total. The van der Waals surface area contributed by atoms with Crippen molar-refractivity contribution in [2.75, 3.05) is 18.0 Å². The van der Waals surface area contributed by atoms with Crippen LogP contribution in [0.4, 0.5) is 5.69 Å². The molecule has 2 aromatic carbocycles. The molecule has 4 heteroatoms. The molecule has 0 fully saturated rings. The van der Waals surface area contributed by atoms with Gasteiger partial charge < -0.3 is 10.2 Å². The molecule has 1 N–H and O–H groups in total. The van der Waals surface area contributed by atoms with Crippen LogP contribution in [0.3, 0.4) is 0 Å². The number of carbonyl (C=O) groups excluding carboxylic acids is 1. The van der Waals surface area contributed by atoms with Gasteiger partial charge in [0.25, 0.3) is 5.91 Å². The van der Waals surface area contributed by atoms with Crippen LogP contribution in [-0.4, -0.2) is 19.0 Å². The van der Waals surface area contributed by atoms with Crippen LogP contribution < -0.4 is 10.2 Å². The molecule has 0 atom stereocenters. The standard InChI is InChI=1S/C17H15N3O/c18-11-13-5-7-14(8-6-13)17(21)20-10-9-19-12-15-3-1-2-4-16(15)20/h1-8,19H,9-10,12H2. The number of para-hydroxylation sites is 1. The minimum atomic E-state index is -0.0318. The average molecular weight is 277 g/mol. The second kappa shape index (κ2) is 5.78. The number of nitriles is 1. The van der Waals surface area contributed by atoms with Crippen LogP contribution in [0.5, 0.6) is 0 Å². The molecule has 21 heavy (non-hydrogen) atoms. The highest BCUT2D eigenvalue weighted by Gasteiger charge is 2.21. The molecule has 0 aromatic heterocycles. The Bertz CT molecular complexity index is 701. The summed E-state index contributed by atoms with van der Waals surface area (Å²) in [5.74, 6) is -0.0318. The monoisotopic (exact) mass is 277 g/mol. The molecule has 1 aliphatic heterocycles. The molecule has 2 aromatic rings. The highest BCUT2D eigenvalue weighted by atomic mass is 16.2. The molecule has 104 valence electrons. The number of amides is 1. The van der Waals surface area contributed by atoms with E-state index in [0.717, 1.165) is 24.3 Å². The summed E-state index contributed by atoms with van der Waals surface area (Å²) in [4.78, 5) is 14.5. The Hall–Kier alpha value is -2.64. The van der Waals surface area contributed by atoms with Gasteiger partial charge in [-0.3, -0.25) is 4.79 Å². The van der Waals surface area contributed by atoms with Crippen LogP contribution >= 0.6 is 0 Å². The lowest BCUT2D eigenvalue weighted by atomic mass is 10.1. The van der Waals surface area contributed by atoms with E-state index in [-0.39, 0.29) is 5.91 Å². The Labute approximate surface area is 123 Å². The fraction of sp³-hybridized carbons (Fsp3) is 0.176.